The fourth-order valence-corrected chi connectivity index (χ4v) is 2.47. The van der Waals surface area contributed by atoms with Gasteiger partial charge in [0.1, 0.15) is 5.03 Å². The summed E-state index contributed by atoms with van der Waals surface area (Å²) in [6.45, 7) is 0. The van der Waals surface area contributed by atoms with Crippen LogP contribution in [0.4, 0.5) is 0 Å². The van der Waals surface area contributed by atoms with E-state index in [1.165, 1.54) is 11.8 Å². The molecule has 0 saturated carbocycles. The summed E-state index contributed by atoms with van der Waals surface area (Å²) in [5.41, 5.74) is 0.202. The van der Waals surface area contributed by atoms with Crippen LogP contribution in [0.2, 0.25) is 0 Å². The van der Waals surface area contributed by atoms with Gasteiger partial charge < -0.3 is 5.11 Å². The number of nitrogens with zero attached hydrogens (tertiary/aromatic N) is 1. The summed E-state index contributed by atoms with van der Waals surface area (Å²) in [5, 5.41) is 9.59. The number of halogens is 1. The Hall–Kier alpha value is -1.33. The molecule has 0 spiro atoms. The first-order valence-electron chi connectivity index (χ1n) is 4.78. The summed E-state index contributed by atoms with van der Waals surface area (Å²) in [5.74, 6) is -0.975. The number of hydrogen-bond acceptors (Lipinski definition) is 3. The Morgan fingerprint density at radius 1 is 1.29 bits per heavy atom. The molecular weight excluding hydrogens is 302 g/mol. The van der Waals surface area contributed by atoms with Crippen LogP contribution in [0.15, 0.2) is 57.0 Å². The molecular formula is C12H8BrNO2S. The number of rotatable bonds is 3. The van der Waals surface area contributed by atoms with E-state index in [0.29, 0.717) is 9.50 Å². The number of carboxylic acids is 1. The first kappa shape index (κ1) is 12.1. The molecule has 1 aromatic carbocycles. The number of carbonyl (C=O) groups is 1. The van der Waals surface area contributed by atoms with E-state index in [9.17, 15) is 4.79 Å². The van der Waals surface area contributed by atoms with Crippen molar-refractivity contribution in [2.24, 2.45) is 0 Å². The Bertz CT molecular complexity index is 545. The molecule has 0 unspecified atom stereocenters. The monoisotopic (exact) mass is 309 g/mol. The van der Waals surface area contributed by atoms with Crippen LogP contribution in [0, 0.1) is 0 Å². The van der Waals surface area contributed by atoms with Gasteiger partial charge in [0.15, 0.2) is 0 Å². The molecule has 0 bridgehead atoms. The molecule has 0 fully saturated rings. The zero-order valence-electron chi connectivity index (χ0n) is 8.63. The number of pyridine rings is 1. The highest BCUT2D eigenvalue weighted by Gasteiger charge is 2.13. The third-order valence-corrected chi connectivity index (χ3v) is 3.47. The Morgan fingerprint density at radius 3 is 2.65 bits per heavy atom. The standard InChI is InChI=1S/C12H8BrNO2S/c13-8-6-10(12(15)16)11(14-7-8)17-9-4-2-1-3-5-9/h1-7H,(H,15,16). The van der Waals surface area contributed by atoms with Crippen molar-refractivity contribution < 1.29 is 9.90 Å². The van der Waals surface area contributed by atoms with Crippen LogP contribution < -0.4 is 0 Å². The number of carboxylic acid groups (broad SMARTS) is 1. The van der Waals surface area contributed by atoms with Crippen LogP contribution in [0.1, 0.15) is 10.4 Å². The third kappa shape index (κ3) is 3.08. The molecule has 1 heterocycles. The smallest absolute Gasteiger partial charge is 0.338 e. The Balaban J connectivity index is 2.36. The molecule has 0 aliphatic carbocycles. The normalized spacial score (nSPS) is 10.2. The molecule has 86 valence electrons. The van der Waals surface area contributed by atoms with Gasteiger partial charge in [0.2, 0.25) is 0 Å². The minimum Gasteiger partial charge on any atom is -0.478 e. The van der Waals surface area contributed by atoms with Crippen molar-refractivity contribution in [2.75, 3.05) is 0 Å². The van der Waals surface area contributed by atoms with Crippen molar-refractivity contribution in [3.05, 3.63) is 52.6 Å². The average Bonchev–Trinajstić information content (AvgIpc) is 2.32. The summed E-state index contributed by atoms with van der Waals surface area (Å²) in [4.78, 5) is 16.2. The van der Waals surface area contributed by atoms with E-state index < -0.39 is 5.97 Å². The fraction of sp³-hybridized carbons (Fsp3) is 0. The molecule has 2 aromatic rings. The van der Waals surface area contributed by atoms with Crippen LogP contribution >= 0.6 is 27.7 Å². The maximum Gasteiger partial charge on any atom is 0.338 e. The SMILES string of the molecule is O=C(O)c1cc(Br)cnc1Sc1ccccc1. The predicted octanol–water partition coefficient (Wildman–Crippen LogP) is 3.69. The van der Waals surface area contributed by atoms with Crippen molar-refractivity contribution in [1.82, 2.24) is 4.98 Å². The van der Waals surface area contributed by atoms with Crippen LogP contribution in [0.25, 0.3) is 0 Å². The molecule has 17 heavy (non-hydrogen) atoms. The summed E-state index contributed by atoms with van der Waals surface area (Å²) < 4.78 is 0.660. The quantitative estimate of drug-likeness (QED) is 0.939. The molecule has 3 nitrogen and oxygen atoms in total. The number of benzene rings is 1. The first-order chi connectivity index (χ1) is 8.16. The van der Waals surface area contributed by atoms with E-state index in [1.54, 1.807) is 12.3 Å². The van der Waals surface area contributed by atoms with E-state index in [-0.39, 0.29) is 5.56 Å². The van der Waals surface area contributed by atoms with Gasteiger partial charge in [-0.2, -0.15) is 0 Å². The summed E-state index contributed by atoms with van der Waals surface area (Å²) in [6, 6.07) is 11.1. The molecule has 0 atom stereocenters. The van der Waals surface area contributed by atoms with E-state index in [0.717, 1.165) is 4.90 Å². The fourth-order valence-electron chi connectivity index (χ4n) is 1.26. The number of hydrogen-bond donors (Lipinski definition) is 1. The number of aromatic nitrogens is 1. The van der Waals surface area contributed by atoms with Gasteiger partial charge >= 0.3 is 5.97 Å². The van der Waals surface area contributed by atoms with Crippen molar-refractivity contribution >= 4 is 33.7 Å². The lowest BCUT2D eigenvalue weighted by molar-refractivity contribution is 0.0692. The largest absolute Gasteiger partial charge is 0.478 e. The predicted molar refractivity (Wildman–Crippen MR) is 69.5 cm³/mol. The molecule has 0 aliphatic heterocycles. The molecule has 0 saturated heterocycles. The molecule has 5 heteroatoms. The highest BCUT2D eigenvalue weighted by molar-refractivity contribution is 9.10. The molecule has 1 aromatic heterocycles. The van der Waals surface area contributed by atoms with E-state index in [2.05, 4.69) is 20.9 Å². The second-order valence-electron chi connectivity index (χ2n) is 3.23. The lowest BCUT2D eigenvalue weighted by Gasteiger charge is -2.04. The van der Waals surface area contributed by atoms with Crippen molar-refractivity contribution in [3.63, 3.8) is 0 Å². The van der Waals surface area contributed by atoms with Gasteiger partial charge in [-0.1, -0.05) is 30.0 Å². The number of aromatic carboxylic acids is 1. The zero-order chi connectivity index (χ0) is 12.3. The van der Waals surface area contributed by atoms with Crippen molar-refractivity contribution in [2.45, 2.75) is 9.92 Å². The molecule has 0 radical (unpaired) electrons. The maximum absolute atomic E-state index is 11.1. The lowest BCUT2D eigenvalue weighted by atomic mass is 10.3. The van der Waals surface area contributed by atoms with Crippen LogP contribution in [-0.4, -0.2) is 16.1 Å². The Morgan fingerprint density at radius 2 is 2.00 bits per heavy atom. The minimum atomic E-state index is -0.975. The van der Waals surface area contributed by atoms with Crippen LogP contribution in [-0.2, 0) is 0 Å². The van der Waals surface area contributed by atoms with Gasteiger partial charge in [-0.15, -0.1) is 0 Å². The van der Waals surface area contributed by atoms with Gasteiger partial charge in [0.05, 0.1) is 5.56 Å². The highest BCUT2D eigenvalue weighted by atomic mass is 79.9. The van der Waals surface area contributed by atoms with Gasteiger partial charge in [-0.3, -0.25) is 0 Å². The molecule has 0 amide bonds. The Labute approximate surface area is 111 Å². The van der Waals surface area contributed by atoms with Gasteiger partial charge in [-0.25, -0.2) is 9.78 Å². The average molecular weight is 310 g/mol. The van der Waals surface area contributed by atoms with Crippen molar-refractivity contribution in [1.29, 1.82) is 0 Å². The van der Waals surface area contributed by atoms with Crippen molar-refractivity contribution in [3.8, 4) is 0 Å². The molecule has 1 N–H and O–H groups in total. The van der Waals surface area contributed by atoms with E-state index >= 15 is 0 Å². The minimum absolute atomic E-state index is 0.202. The summed E-state index contributed by atoms with van der Waals surface area (Å²) in [6.07, 6.45) is 1.59. The van der Waals surface area contributed by atoms with E-state index in [4.69, 9.17) is 5.11 Å². The van der Waals surface area contributed by atoms with Gasteiger partial charge in [0.25, 0.3) is 0 Å². The van der Waals surface area contributed by atoms with Gasteiger partial charge in [-0.05, 0) is 34.1 Å². The summed E-state index contributed by atoms with van der Waals surface area (Å²) in [7, 11) is 0. The third-order valence-electron chi connectivity index (χ3n) is 2.01. The summed E-state index contributed by atoms with van der Waals surface area (Å²) >= 11 is 4.55. The zero-order valence-corrected chi connectivity index (χ0v) is 11.0. The second-order valence-corrected chi connectivity index (χ2v) is 5.20. The lowest BCUT2D eigenvalue weighted by Crippen LogP contribution is -2.00. The van der Waals surface area contributed by atoms with E-state index in [1.807, 2.05) is 30.3 Å². The molecule has 2 rings (SSSR count). The molecule has 0 aliphatic rings. The second kappa shape index (κ2) is 5.33. The maximum atomic E-state index is 11.1. The highest BCUT2D eigenvalue weighted by Crippen LogP contribution is 2.29. The van der Waals surface area contributed by atoms with Crippen LogP contribution in [0.5, 0.6) is 0 Å². The van der Waals surface area contributed by atoms with Crippen LogP contribution in [0.3, 0.4) is 0 Å². The van der Waals surface area contributed by atoms with Gasteiger partial charge in [0, 0.05) is 15.6 Å². The topological polar surface area (TPSA) is 50.2 Å². The Kier molecular flexibility index (Phi) is 3.81. The first-order valence-corrected chi connectivity index (χ1v) is 6.39.